The molecule has 1 aromatic carbocycles. The Labute approximate surface area is 148 Å². The minimum Gasteiger partial charge on any atom is -0.288 e. The summed E-state index contributed by atoms with van der Waals surface area (Å²) >= 11 is 0. The Morgan fingerprint density at radius 2 is 1.64 bits per heavy atom. The molecule has 0 aromatic heterocycles. The average molecular weight is 343 g/mol. The van der Waals surface area contributed by atoms with E-state index in [1.807, 2.05) is 5.01 Å². The highest BCUT2D eigenvalue weighted by Crippen LogP contribution is 2.23. The number of rotatable bonds is 5. The van der Waals surface area contributed by atoms with Crippen molar-refractivity contribution in [1.29, 1.82) is 0 Å². The molecule has 2 atom stereocenters. The molecular formula is C19H25N3O3. The Morgan fingerprint density at radius 3 is 2.20 bits per heavy atom. The first kappa shape index (κ1) is 17.6. The van der Waals surface area contributed by atoms with Crippen LogP contribution in [0.4, 0.5) is 0 Å². The third kappa shape index (κ3) is 3.58. The third-order valence-corrected chi connectivity index (χ3v) is 5.11. The highest BCUT2D eigenvalue weighted by atomic mass is 16.2. The molecule has 3 amide bonds. The van der Waals surface area contributed by atoms with Crippen LogP contribution in [0.3, 0.4) is 0 Å². The van der Waals surface area contributed by atoms with Crippen LogP contribution in [0.1, 0.15) is 66.7 Å². The number of carbonyl (C=O) groups excluding carboxylic acids is 3. The zero-order chi connectivity index (χ0) is 18.0. The number of nitrogens with zero attached hydrogens (tertiary/aromatic N) is 2. The summed E-state index contributed by atoms with van der Waals surface area (Å²) in [6.07, 6.45) is 4.12. The topological polar surface area (TPSA) is 69.7 Å². The molecule has 6 heteroatoms. The molecule has 25 heavy (non-hydrogen) atoms. The molecule has 0 saturated carbocycles. The second-order valence-corrected chi connectivity index (χ2v) is 6.98. The molecule has 2 heterocycles. The maximum atomic E-state index is 12.3. The fraction of sp³-hybridized carbons (Fsp3) is 0.526. The summed E-state index contributed by atoms with van der Waals surface area (Å²) < 4.78 is 0. The fourth-order valence-corrected chi connectivity index (χ4v) is 3.68. The van der Waals surface area contributed by atoms with Crippen LogP contribution >= 0.6 is 0 Å². The molecule has 6 nitrogen and oxygen atoms in total. The number of amides is 3. The lowest BCUT2D eigenvalue weighted by Crippen LogP contribution is -2.54. The van der Waals surface area contributed by atoms with Gasteiger partial charge >= 0.3 is 0 Å². The summed E-state index contributed by atoms with van der Waals surface area (Å²) in [4.78, 5) is 38.0. The number of nitrogens with one attached hydrogen (secondary N) is 1. The van der Waals surface area contributed by atoms with Gasteiger partial charge in [0.2, 0.25) is 5.91 Å². The molecule has 1 N–H and O–H groups in total. The zero-order valence-electron chi connectivity index (χ0n) is 14.8. The molecule has 1 fully saturated rings. The van der Waals surface area contributed by atoms with E-state index in [2.05, 4.69) is 19.3 Å². The Bertz CT molecular complexity index is 643. The molecule has 0 aliphatic carbocycles. The molecule has 1 aromatic rings. The zero-order valence-corrected chi connectivity index (χ0v) is 14.8. The number of fused-ring (bicyclic) bond motifs is 1. The molecule has 2 aliphatic heterocycles. The van der Waals surface area contributed by atoms with E-state index in [0.717, 1.165) is 12.8 Å². The van der Waals surface area contributed by atoms with E-state index in [1.54, 1.807) is 24.3 Å². The van der Waals surface area contributed by atoms with Gasteiger partial charge in [-0.3, -0.25) is 24.7 Å². The minimum atomic E-state index is -0.265. The smallest absolute Gasteiger partial charge is 0.261 e. The second-order valence-electron chi connectivity index (χ2n) is 6.98. The minimum absolute atomic E-state index is 0.0581. The number of carbonyl (C=O) groups is 3. The van der Waals surface area contributed by atoms with Crippen molar-refractivity contribution in [1.82, 2.24) is 15.3 Å². The quantitative estimate of drug-likeness (QED) is 0.833. The number of hydrogen-bond acceptors (Lipinski definition) is 4. The van der Waals surface area contributed by atoms with Crippen molar-refractivity contribution in [2.75, 3.05) is 6.54 Å². The molecular weight excluding hydrogens is 318 g/mol. The predicted octanol–water partition coefficient (Wildman–Crippen LogP) is 2.36. The number of hydrazine groups is 1. The van der Waals surface area contributed by atoms with Crippen molar-refractivity contribution < 1.29 is 14.4 Å². The molecule has 0 radical (unpaired) electrons. The van der Waals surface area contributed by atoms with Crippen molar-refractivity contribution in [3.8, 4) is 0 Å². The molecule has 0 spiro atoms. The average Bonchev–Trinajstić information content (AvgIpc) is 2.84. The Hall–Kier alpha value is -2.21. The lowest BCUT2D eigenvalue weighted by molar-refractivity contribution is -0.129. The maximum absolute atomic E-state index is 12.3. The molecule has 1 saturated heterocycles. The highest BCUT2D eigenvalue weighted by molar-refractivity contribution is 6.21. The van der Waals surface area contributed by atoms with Gasteiger partial charge in [0.25, 0.3) is 11.8 Å². The largest absolute Gasteiger partial charge is 0.288 e. The monoisotopic (exact) mass is 343 g/mol. The van der Waals surface area contributed by atoms with E-state index in [9.17, 15) is 14.4 Å². The van der Waals surface area contributed by atoms with Crippen LogP contribution in [0.25, 0.3) is 0 Å². The van der Waals surface area contributed by atoms with Gasteiger partial charge in [-0.25, -0.2) is 5.01 Å². The van der Waals surface area contributed by atoms with Crippen LogP contribution in [-0.4, -0.2) is 46.3 Å². The van der Waals surface area contributed by atoms with Gasteiger partial charge < -0.3 is 0 Å². The number of benzene rings is 1. The Kier molecular flexibility index (Phi) is 5.18. The second kappa shape index (κ2) is 7.35. The highest BCUT2D eigenvalue weighted by Gasteiger charge is 2.34. The van der Waals surface area contributed by atoms with Crippen LogP contribution in [0.2, 0.25) is 0 Å². The van der Waals surface area contributed by atoms with Gasteiger partial charge in [-0.05, 0) is 45.2 Å². The van der Waals surface area contributed by atoms with Gasteiger partial charge in [-0.15, -0.1) is 0 Å². The molecule has 0 unspecified atom stereocenters. The molecule has 134 valence electrons. The summed E-state index contributed by atoms with van der Waals surface area (Å²) in [5, 5.41) is 2.04. The molecule has 2 aliphatic rings. The Morgan fingerprint density at radius 1 is 1.08 bits per heavy atom. The summed E-state index contributed by atoms with van der Waals surface area (Å²) in [5.41, 5.74) is 3.89. The van der Waals surface area contributed by atoms with Gasteiger partial charge in [-0.1, -0.05) is 18.6 Å². The van der Waals surface area contributed by atoms with E-state index >= 15 is 0 Å². The lowest BCUT2D eigenvalue weighted by Gasteiger charge is -2.38. The van der Waals surface area contributed by atoms with Crippen LogP contribution in [0.5, 0.6) is 0 Å². The van der Waals surface area contributed by atoms with Gasteiger partial charge in [0.05, 0.1) is 11.1 Å². The molecule has 0 bridgehead atoms. The van der Waals surface area contributed by atoms with Crippen molar-refractivity contribution in [2.24, 2.45) is 0 Å². The third-order valence-electron chi connectivity index (χ3n) is 5.11. The standard InChI is InChI=1S/C19H25N3O3/c1-13-7-5-8-14(2)22(13)20-17(23)11-6-12-21-18(24)15-9-3-4-10-16(15)19(21)25/h3-4,9-10,13-14H,5-8,11-12H2,1-2H3,(H,20,23)/t13-,14-/m0/s1. The summed E-state index contributed by atoms with van der Waals surface area (Å²) in [7, 11) is 0. The first-order chi connectivity index (χ1) is 12.0. The SMILES string of the molecule is C[C@H]1CCC[C@H](C)N1NC(=O)CCCN1C(=O)c2ccccc2C1=O. The van der Waals surface area contributed by atoms with Crippen molar-refractivity contribution in [3.05, 3.63) is 35.4 Å². The van der Waals surface area contributed by atoms with Crippen molar-refractivity contribution in [3.63, 3.8) is 0 Å². The van der Waals surface area contributed by atoms with Crippen LogP contribution < -0.4 is 5.43 Å². The van der Waals surface area contributed by atoms with Gasteiger partial charge in [0.1, 0.15) is 0 Å². The normalized spacial score (nSPS) is 23.7. The summed E-state index contributed by atoms with van der Waals surface area (Å²) in [6, 6.07) is 7.51. The van der Waals surface area contributed by atoms with E-state index in [-0.39, 0.29) is 24.3 Å². The summed E-state index contributed by atoms with van der Waals surface area (Å²) in [5.74, 6) is -0.587. The first-order valence-electron chi connectivity index (χ1n) is 9.02. The fourth-order valence-electron chi connectivity index (χ4n) is 3.68. The van der Waals surface area contributed by atoms with E-state index in [0.29, 0.717) is 36.1 Å². The maximum Gasteiger partial charge on any atom is 0.261 e. The lowest BCUT2D eigenvalue weighted by atomic mass is 10.00. The number of hydrogen-bond donors (Lipinski definition) is 1. The van der Waals surface area contributed by atoms with Gasteiger partial charge in [0, 0.05) is 25.0 Å². The predicted molar refractivity (Wildman–Crippen MR) is 93.8 cm³/mol. The van der Waals surface area contributed by atoms with E-state index < -0.39 is 0 Å². The molecule has 3 rings (SSSR count). The Balaban J connectivity index is 1.49. The van der Waals surface area contributed by atoms with E-state index in [1.165, 1.54) is 11.3 Å². The van der Waals surface area contributed by atoms with Crippen LogP contribution in [0, 0.1) is 0 Å². The van der Waals surface area contributed by atoms with Crippen molar-refractivity contribution >= 4 is 17.7 Å². The van der Waals surface area contributed by atoms with Gasteiger partial charge in [0.15, 0.2) is 0 Å². The van der Waals surface area contributed by atoms with E-state index in [4.69, 9.17) is 0 Å². The van der Waals surface area contributed by atoms with Crippen molar-refractivity contribution in [2.45, 2.75) is 58.0 Å². The number of imide groups is 1. The van der Waals surface area contributed by atoms with Gasteiger partial charge in [-0.2, -0.15) is 0 Å². The first-order valence-corrected chi connectivity index (χ1v) is 9.02. The van der Waals surface area contributed by atoms with Crippen LogP contribution in [0.15, 0.2) is 24.3 Å². The number of piperidine rings is 1. The summed E-state index contributed by atoms with van der Waals surface area (Å²) in [6.45, 7) is 4.51. The van der Waals surface area contributed by atoms with Crippen LogP contribution in [-0.2, 0) is 4.79 Å².